The quantitative estimate of drug-likeness (QED) is 0.888. The molecule has 0 aliphatic rings. The molecule has 0 spiro atoms. The van der Waals surface area contributed by atoms with E-state index in [9.17, 15) is 4.39 Å². The van der Waals surface area contributed by atoms with Crippen molar-refractivity contribution < 1.29 is 13.9 Å². The maximum absolute atomic E-state index is 13.9. The van der Waals surface area contributed by atoms with Crippen LogP contribution >= 0.6 is 0 Å². The lowest BCUT2D eigenvalue weighted by Gasteiger charge is -2.18. The minimum Gasteiger partial charge on any atom is -0.494 e. The fraction of sp³-hybridized carbons (Fsp3) is 0.312. The first-order valence-electron chi connectivity index (χ1n) is 6.78. The summed E-state index contributed by atoms with van der Waals surface area (Å²) in [5, 5.41) is 3.17. The maximum atomic E-state index is 13.9. The lowest BCUT2D eigenvalue weighted by Crippen LogP contribution is -2.18. The third-order valence-electron chi connectivity index (χ3n) is 3.18. The Kier molecular flexibility index (Phi) is 5.11. The van der Waals surface area contributed by atoms with E-state index in [1.807, 2.05) is 26.1 Å². The first-order chi connectivity index (χ1) is 10.2. The van der Waals surface area contributed by atoms with E-state index in [-0.39, 0.29) is 17.6 Å². The molecule has 21 heavy (non-hydrogen) atoms. The van der Waals surface area contributed by atoms with Gasteiger partial charge >= 0.3 is 0 Å². The van der Waals surface area contributed by atoms with Crippen LogP contribution in [-0.2, 0) is 0 Å². The summed E-state index contributed by atoms with van der Waals surface area (Å²) in [4.78, 5) is 4.17. The van der Waals surface area contributed by atoms with E-state index in [4.69, 9.17) is 9.47 Å². The molecular weight excluding hydrogens is 271 g/mol. The molecular formula is C16H19FN2O2. The molecule has 1 N–H and O–H groups in total. The summed E-state index contributed by atoms with van der Waals surface area (Å²) < 4.78 is 24.3. The molecule has 0 aliphatic heterocycles. The molecule has 0 fully saturated rings. The van der Waals surface area contributed by atoms with E-state index in [1.165, 1.54) is 13.2 Å². The molecule has 0 saturated heterocycles. The van der Waals surface area contributed by atoms with E-state index >= 15 is 0 Å². The van der Waals surface area contributed by atoms with Crippen molar-refractivity contribution in [3.05, 3.63) is 53.6 Å². The average molecular weight is 290 g/mol. The number of aromatic nitrogens is 1. The Balaban J connectivity index is 2.34. The molecule has 0 saturated carbocycles. The van der Waals surface area contributed by atoms with Crippen molar-refractivity contribution in [2.24, 2.45) is 0 Å². The van der Waals surface area contributed by atoms with Gasteiger partial charge in [-0.2, -0.15) is 0 Å². The molecule has 4 nitrogen and oxygen atoms in total. The first kappa shape index (κ1) is 15.3. The smallest absolute Gasteiger partial charge is 0.165 e. The summed E-state index contributed by atoms with van der Waals surface area (Å²) in [5.41, 5.74) is 1.71. The zero-order valence-electron chi connectivity index (χ0n) is 12.4. The lowest BCUT2D eigenvalue weighted by molar-refractivity contribution is 0.338. The lowest BCUT2D eigenvalue weighted by atomic mass is 10.00. The predicted octanol–water partition coefficient (Wildman–Crippen LogP) is 2.94. The van der Waals surface area contributed by atoms with Gasteiger partial charge in [0.2, 0.25) is 0 Å². The maximum Gasteiger partial charge on any atom is 0.165 e. The van der Waals surface area contributed by atoms with Crippen LogP contribution in [-0.4, -0.2) is 25.7 Å². The van der Waals surface area contributed by atoms with Gasteiger partial charge in [-0.05, 0) is 43.3 Å². The molecule has 5 heteroatoms. The minimum atomic E-state index is -0.385. The Morgan fingerprint density at radius 1 is 1.24 bits per heavy atom. The van der Waals surface area contributed by atoms with Gasteiger partial charge in [-0.1, -0.05) is 6.07 Å². The second-order valence-corrected chi connectivity index (χ2v) is 4.50. The Labute approximate surface area is 123 Å². The van der Waals surface area contributed by atoms with Crippen molar-refractivity contribution in [2.75, 3.05) is 20.8 Å². The number of nitrogens with zero attached hydrogens (tertiary/aromatic N) is 1. The van der Waals surface area contributed by atoms with Crippen molar-refractivity contribution in [3.63, 3.8) is 0 Å². The van der Waals surface area contributed by atoms with Gasteiger partial charge in [0.1, 0.15) is 5.75 Å². The molecule has 1 unspecified atom stereocenters. The van der Waals surface area contributed by atoms with E-state index in [1.54, 1.807) is 18.5 Å². The minimum absolute atomic E-state index is 0.168. The topological polar surface area (TPSA) is 43.4 Å². The molecule has 0 radical (unpaired) electrons. The van der Waals surface area contributed by atoms with Crippen LogP contribution in [0.15, 0.2) is 36.7 Å². The Hall–Kier alpha value is -2.14. The molecule has 1 atom stereocenters. The number of rotatable bonds is 6. The molecule has 0 aliphatic carbocycles. The number of hydrogen-bond acceptors (Lipinski definition) is 4. The van der Waals surface area contributed by atoms with E-state index in [0.717, 1.165) is 11.1 Å². The van der Waals surface area contributed by atoms with Crippen LogP contribution in [0.1, 0.15) is 24.1 Å². The van der Waals surface area contributed by atoms with Crippen molar-refractivity contribution >= 4 is 0 Å². The highest BCUT2D eigenvalue weighted by Gasteiger charge is 2.15. The summed E-state index contributed by atoms with van der Waals surface area (Å²) in [5.74, 6) is 0.545. The van der Waals surface area contributed by atoms with Gasteiger partial charge in [-0.15, -0.1) is 0 Å². The number of hydrogen-bond donors (Lipinski definition) is 1. The molecule has 0 amide bonds. The van der Waals surface area contributed by atoms with Crippen molar-refractivity contribution in [1.82, 2.24) is 10.3 Å². The van der Waals surface area contributed by atoms with Crippen LogP contribution in [0.2, 0.25) is 0 Å². The van der Waals surface area contributed by atoms with Crippen molar-refractivity contribution in [1.29, 1.82) is 0 Å². The second-order valence-electron chi connectivity index (χ2n) is 4.50. The highest BCUT2D eigenvalue weighted by atomic mass is 19.1. The number of ether oxygens (including phenoxy) is 2. The highest BCUT2D eigenvalue weighted by molar-refractivity contribution is 5.37. The molecule has 0 bridgehead atoms. The van der Waals surface area contributed by atoms with Gasteiger partial charge in [0.05, 0.1) is 26.0 Å². The van der Waals surface area contributed by atoms with Crippen LogP contribution in [0, 0.1) is 5.82 Å². The van der Waals surface area contributed by atoms with Gasteiger partial charge in [0, 0.05) is 6.20 Å². The highest BCUT2D eigenvalue weighted by Crippen LogP contribution is 2.27. The largest absolute Gasteiger partial charge is 0.494 e. The van der Waals surface area contributed by atoms with Gasteiger partial charge in [-0.3, -0.25) is 4.98 Å². The Morgan fingerprint density at radius 3 is 2.67 bits per heavy atom. The third-order valence-corrected chi connectivity index (χ3v) is 3.18. The molecule has 2 aromatic rings. The molecule has 2 rings (SSSR count). The number of methoxy groups -OCH3 is 1. The predicted molar refractivity (Wildman–Crippen MR) is 79.3 cm³/mol. The standard InChI is InChI=1S/C16H19FN2O2/c1-4-21-13-7-12(9-19-10-13)16(18-2)11-5-6-15(20-3)14(17)8-11/h5-10,16,18H,4H2,1-3H3. The molecule has 112 valence electrons. The number of pyridine rings is 1. The molecule has 1 aromatic heterocycles. The van der Waals surface area contributed by atoms with Gasteiger partial charge < -0.3 is 14.8 Å². The van der Waals surface area contributed by atoms with E-state index in [2.05, 4.69) is 10.3 Å². The van der Waals surface area contributed by atoms with Crippen molar-refractivity contribution in [2.45, 2.75) is 13.0 Å². The summed E-state index contributed by atoms with van der Waals surface area (Å²) in [6.45, 7) is 2.49. The van der Waals surface area contributed by atoms with Gasteiger partial charge in [0.25, 0.3) is 0 Å². The van der Waals surface area contributed by atoms with Crippen LogP contribution in [0.5, 0.6) is 11.5 Å². The zero-order valence-corrected chi connectivity index (χ0v) is 12.4. The summed E-state index contributed by atoms with van der Waals surface area (Å²) >= 11 is 0. The number of nitrogens with one attached hydrogen (secondary N) is 1. The van der Waals surface area contributed by atoms with Crippen molar-refractivity contribution in [3.8, 4) is 11.5 Å². The van der Waals surface area contributed by atoms with Gasteiger partial charge in [0.15, 0.2) is 11.6 Å². The molecule has 1 aromatic carbocycles. The van der Waals surface area contributed by atoms with E-state index < -0.39 is 0 Å². The van der Waals surface area contributed by atoms with E-state index in [0.29, 0.717) is 12.4 Å². The Bertz CT molecular complexity index is 605. The zero-order chi connectivity index (χ0) is 15.2. The fourth-order valence-corrected chi connectivity index (χ4v) is 2.23. The van der Waals surface area contributed by atoms with Crippen LogP contribution in [0.4, 0.5) is 4.39 Å². The summed E-state index contributed by atoms with van der Waals surface area (Å²) in [6, 6.07) is 6.65. The molecule has 1 heterocycles. The average Bonchev–Trinajstić information content (AvgIpc) is 2.49. The normalized spacial score (nSPS) is 12.0. The number of halogens is 1. The third kappa shape index (κ3) is 3.49. The monoisotopic (exact) mass is 290 g/mol. The second kappa shape index (κ2) is 7.04. The summed E-state index contributed by atoms with van der Waals surface area (Å²) in [7, 11) is 3.27. The summed E-state index contributed by atoms with van der Waals surface area (Å²) in [6.07, 6.45) is 3.40. The Morgan fingerprint density at radius 2 is 2.05 bits per heavy atom. The first-order valence-corrected chi connectivity index (χ1v) is 6.78. The van der Waals surface area contributed by atoms with Crippen LogP contribution in [0.25, 0.3) is 0 Å². The van der Waals surface area contributed by atoms with Crippen LogP contribution < -0.4 is 14.8 Å². The van der Waals surface area contributed by atoms with Gasteiger partial charge in [-0.25, -0.2) is 4.39 Å². The fourth-order valence-electron chi connectivity index (χ4n) is 2.23. The number of benzene rings is 1. The van der Waals surface area contributed by atoms with Crippen LogP contribution in [0.3, 0.4) is 0 Å². The SMILES string of the molecule is CCOc1cncc(C(NC)c2ccc(OC)c(F)c2)c1.